The van der Waals surface area contributed by atoms with Crippen LogP contribution in [0.15, 0.2) is 36.7 Å². The van der Waals surface area contributed by atoms with Crippen LogP contribution in [0.2, 0.25) is 0 Å². The number of rotatable bonds is 5. The number of piperazine rings is 1. The fourth-order valence-corrected chi connectivity index (χ4v) is 4.14. The van der Waals surface area contributed by atoms with E-state index in [1.54, 1.807) is 17.7 Å². The van der Waals surface area contributed by atoms with Gasteiger partial charge in [-0.2, -0.15) is 0 Å². The van der Waals surface area contributed by atoms with E-state index in [2.05, 4.69) is 67.3 Å². The van der Waals surface area contributed by atoms with Gasteiger partial charge in [-0.1, -0.05) is 30.3 Å². The molecule has 7 nitrogen and oxygen atoms in total. The lowest BCUT2D eigenvalue weighted by atomic mass is 10.2. The van der Waals surface area contributed by atoms with Crippen molar-refractivity contribution < 1.29 is 0 Å². The van der Waals surface area contributed by atoms with Crippen LogP contribution in [-0.2, 0) is 6.54 Å². The number of hydrogen-bond donors (Lipinski definition) is 2. The lowest BCUT2D eigenvalue weighted by Gasteiger charge is -2.35. The fraction of sp³-hybridized carbons (Fsp3) is 0.350. The summed E-state index contributed by atoms with van der Waals surface area (Å²) in [6.45, 7) is 8.77. The van der Waals surface area contributed by atoms with Crippen molar-refractivity contribution in [3.05, 3.63) is 52.8 Å². The molecule has 146 valence electrons. The predicted molar refractivity (Wildman–Crippen MR) is 115 cm³/mol. The van der Waals surface area contributed by atoms with E-state index >= 15 is 0 Å². The van der Waals surface area contributed by atoms with E-state index in [0.29, 0.717) is 11.5 Å². The molecule has 0 bridgehead atoms. The smallest absolute Gasteiger partial charge is 0.188 e. The van der Waals surface area contributed by atoms with Gasteiger partial charge >= 0.3 is 0 Å². The molecule has 0 aliphatic carbocycles. The standard InChI is InChI=1S/C20H25N7S/c1-14-15(2)28-20(24-14)25-18-17(21)19(23-13-22-18)27-10-8-26(9-11-27)12-16-6-4-3-5-7-16/h3-7,13H,8-12,21H2,1-2H3,(H,22,23,24,25). The number of anilines is 4. The van der Waals surface area contributed by atoms with Crippen molar-refractivity contribution >= 4 is 33.8 Å². The molecule has 4 rings (SSSR count). The minimum atomic E-state index is 0.574. The summed E-state index contributed by atoms with van der Waals surface area (Å²) in [6.07, 6.45) is 1.57. The third-order valence-electron chi connectivity index (χ3n) is 5.04. The third-order valence-corrected chi connectivity index (χ3v) is 6.03. The summed E-state index contributed by atoms with van der Waals surface area (Å²) in [7, 11) is 0. The second kappa shape index (κ2) is 8.12. The zero-order chi connectivity index (χ0) is 19.5. The Morgan fingerprint density at radius 3 is 2.50 bits per heavy atom. The summed E-state index contributed by atoms with van der Waals surface area (Å²) in [5.74, 6) is 1.41. The van der Waals surface area contributed by atoms with E-state index in [1.165, 1.54) is 10.4 Å². The number of aromatic nitrogens is 3. The molecule has 1 saturated heterocycles. The van der Waals surface area contributed by atoms with Crippen LogP contribution >= 0.6 is 11.3 Å². The molecular formula is C20H25N7S. The van der Waals surface area contributed by atoms with Crippen LogP contribution in [0, 0.1) is 13.8 Å². The Morgan fingerprint density at radius 2 is 1.82 bits per heavy atom. The molecule has 28 heavy (non-hydrogen) atoms. The molecule has 1 fully saturated rings. The Bertz CT molecular complexity index is 913. The van der Waals surface area contributed by atoms with Gasteiger partial charge in [0.05, 0.1) is 5.69 Å². The highest BCUT2D eigenvalue weighted by Crippen LogP contribution is 2.31. The summed E-state index contributed by atoms with van der Waals surface area (Å²) in [4.78, 5) is 19.2. The first-order valence-electron chi connectivity index (χ1n) is 9.43. The highest BCUT2D eigenvalue weighted by atomic mass is 32.1. The molecule has 2 aromatic heterocycles. The van der Waals surface area contributed by atoms with E-state index < -0.39 is 0 Å². The Morgan fingerprint density at radius 1 is 1.07 bits per heavy atom. The van der Waals surface area contributed by atoms with Gasteiger partial charge in [0.1, 0.15) is 12.0 Å². The fourth-order valence-electron chi connectivity index (χ4n) is 3.32. The molecule has 0 unspecified atom stereocenters. The van der Waals surface area contributed by atoms with Crippen LogP contribution in [-0.4, -0.2) is 46.0 Å². The average molecular weight is 396 g/mol. The van der Waals surface area contributed by atoms with Gasteiger partial charge < -0.3 is 16.0 Å². The van der Waals surface area contributed by atoms with Gasteiger partial charge in [0, 0.05) is 37.6 Å². The van der Waals surface area contributed by atoms with Gasteiger partial charge in [0.25, 0.3) is 0 Å². The topological polar surface area (TPSA) is 83.2 Å². The average Bonchev–Trinajstić information content (AvgIpc) is 3.02. The molecule has 3 aromatic rings. The van der Waals surface area contributed by atoms with Gasteiger partial charge in [0.15, 0.2) is 16.8 Å². The molecular weight excluding hydrogens is 370 g/mol. The van der Waals surface area contributed by atoms with Crippen LogP contribution in [0.3, 0.4) is 0 Å². The summed E-state index contributed by atoms with van der Waals surface area (Å²) in [5.41, 5.74) is 9.34. The summed E-state index contributed by atoms with van der Waals surface area (Å²) < 4.78 is 0. The van der Waals surface area contributed by atoms with Crippen molar-refractivity contribution in [1.82, 2.24) is 19.9 Å². The SMILES string of the molecule is Cc1nc(Nc2ncnc(N3CCN(Cc4ccccc4)CC3)c2N)sc1C. The normalized spacial score (nSPS) is 15.0. The van der Waals surface area contributed by atoms with E-state index in [4.69, 9.17) is 5.73 Å². The molecule has 0 amide bonds. The van der Waals surface area contributed by atoms with Gasteiger partial charge in [-0.3, -0.25) is 4.90 Å². The Labute approximate surface area is 169 Å². The molecule has 1 aromatic carbocycles. The van der Waals surface area contributed by atoms with Crippen LogP contribution in [0.1, 0.15) is 16.1 Å². The predicted octanol–water partition coefficient (Wildman–Crippen LogP) is 3.20. The first-order valence-corrected chi connectivity index (χ1v) is 10.2. The van der Waals surface area contributed by atoms with Crippen LogP contribution in [0.5, 0.6) is 0 Å². The second-order valence-electron chi connectivity index (χ2n) is 6.99. The second-order valence-corrected chi connectivity index (χ2v) is 8.20. The largest absolute Gasteiger partial charge is 0.393 e. The van der Waals surface area contributed by atoms with E-state index in [0.717, 1.165) is 49.4 Å². The van der Waals surface area contributed by atoms with Gasteiger partial charge in [-0.15, -0.1) is 11.3 Å². The first kappa shape index (κ1) is 18.6. The molecule has 0 atom stereocenters. The van der Waals surface area contributed by atoms with Gasteiger partial charge in [-0.05, 0) is 19.4 Å². The quantitative estimate of drug-likeness (QED) is 0.686. The maximum atomic E-state index is 6.40. The monoisotopic (exact) mass is 395 g/mol. The number of nitrogen functional groups attached to an aromatic ring is 1. The maximum Gasteiger partial charge on any atom is 0.188 e. The van der Waals surface area contributed by atoms with Crippen molar-refractivity contribution in [1.29, 1.82) is 0 Å². The number of nitrogens with one attached hydrogen (secondary N) is 1. The molecule has 8 heteroatoms. The van der Waals surface area contributed by atoms with E-state index in [-0.39, 0.29) is 0 Å². The number of aryl methyl sites for hydroxylation is 2. The summed E-state index contributed by atoms with van der Waals surface area (Å²) in [6, 6.07) is 10.6. The molecule has 3 N–H and O–H groups in total. The molecule has 1 aliphatic heterocycles. The zero-order valence-electron chi connectivity index (χ0n) is 16.2. The summed E-state index contributed by atoms with van der Waals surface area (Å²) in [5, 5.41) is 4.05. The van der Waals surface area contributed by atoms with Crippen molar-refractivity contribution in [2.24, 2.45) is 0 Å². The number of nitrogens with two attached hydrogens (primary N) is 1. The van der Waals surface area contributed by atoms with Gasteiger partial charge in [-0.25, -0.2) is 15.0 Å². The molecule has 0 saturated carbocycles. The zero-order valence-corrected chi connectivity index (χ0v) is 17.0. The number of thiazole rings is 1. The third kappa shape index (κ3) is 4.07. The Kier molecular flexibility index (Phi) is 5.40. The lowest BCUT2D eigenvalue weighted by molar-refractivity contribution is 0.249. The minimum absolute atomic E-state index is 0.574. The minimum Gasteiger partial charge on any atom is -0.393 e. The van der Waals surface area contributed by atoms with Crippen LogP contribution in [0.4, 0.5) is 22.5 Å². The van der Waals surface area contributed by atoms with E-state index in [9.17, 15) is 0 Å². The number of benzene rings is 1. The van der Waals surface area contributed by atoms with Gasteiger partial charge in [0.2, 0.25) is 0 Å². The first-order chi connectivity index (χ1) is 13.6. The molecule has 3 heterocycles. The maximum absolute atomic E-state index is 6.40. The van der Waals surface area contributed by atoms with Crippen molar-refractivity contribution in [2.75, 3.05) is 42.1 Å². The molecule has 0 spiro atoms. The number of hydrogen-bond acceptors (Lipinski definition) is 8. The lowest BCUT2D eigenvalue weighted by Crippen LogP contribution is -2.46. The van der Waals surface area contributed by atoms with Crippen molar-refractivity contribution in [3.63, 3.8) is 0 Å². The van der Waals surface area contributed by atoms with Crippen LogP contribution < -0.4 is 16.0 Å². The molecule has 1 aliphatic rings. The number of nitrogens with zero attached hydrogens (tertiary/aromatic N) is 5. The van der Waals surface area contributed by atoms with Crippen molar-refractivity contribution in [2.45, 2.75) is 20.4 Å². The van der Waals surface area contributed by atoms with Crippen LogP contribution in [0.25, 0.3) is 0 Å². The highest BCUT2D eigenvalue weighted by Gasteiger charge is 2.21. The molecule has 0 radical (unpaired) electrons. The Hall–Kier alpha value is -2.71. The summed E-state index contributed by atoms with van der Waals surface area (Å²) >= 11 is 1.60. The van der Waals surface area contributed by atoms with Crippen molar-refractivity contribution in [3.8, 4) is 0 Å². The van der Waals surface area contributed by atoms with E-state index in [1.807, 2.05) is 6.92 Å². The highest BCUT2D eigenvalue weighted by molar-refractivity contribution is 7.15. The Balaban J connectivity index is 1.42.